The van der Waals surface area contributed by atoms with Crippen molar-refractivity contribution in [2.45, 2.75) is 75.0 Å². The van der Waals surface area contributed by atoms with Gasteiger partial charge in [0.2, 0.25) is 5.79 Å². The summed E-state index contributed by atoms with van der Waals surface area (Å²) in [4.78, 5) is 0. The molecule has 1 aliphatic heterocycles. The Labute approximate surface area is 163 Å². The first-order valence-electron chi connectivity index (χ1n) is 9.20. The Morgan fingerprint density at radius 3 is 2.33 bits per heavy atom. The third-order valence-electron chi connectivity index (χ3n) is 5.51. The standard InChI is InChI=1S/C19H27ClO7/c1-10-16(21)17(22)18(23)19(24,27-10)11-3-8-14(20)15(9-11)26-13-6-4-12(25-2)5-7-13/h3,8-10,12-13,16-18,21-24H,4-7H2,1-2H3/t10-,12?,13?,16-,17+,18-,19+/m1/s1. The number of hydrogen-bond acceptors (Lipinski definition) is 7. The van der Waals surface area contributed by atoms with Crippen LogP contribution in [0, 0.1) is 0 Å². The molecule has 0 radical (unpaired) electrons. The van der Waals surface area contributed by atoms with Gasteiger partial charge in [-0.05, 0) is 44.7 Å². The monoisotopic (exact) mass is 402 g/mol. The van der Waals surface area contributed by atoms with Gasteiger partial charge in [-0.15, -0.1) is 0 Å². The lowest BCUT2D eigenvalue weighted by Gasteiger charge is -2.45. The van der Waals surface area contributed by atoms with E-state index < -0.39 is 30.2 Å². The lowest BCUT2D eigenvalue weighted by atomic mass is 9.88. The molecule has 0 aromatic heterocycles. The molecule has 1 aromatic carbocycles. The number of benzene rings is 1. The number of ether oxygens (including phenoxy) is 3. The Kier molecular flexibility index (Phi) is 6.32. The van der Waals surface area contributed by atoms with Crippen LogP contribution < -0.4 is 4.74 Å². The highest BCUT2D eigenvalue weighted by Gasteiger charge is 2.52. The second-order valence-corrected chi connectivity index (χ2v) is 7.75. The zero-order valence-corrected chi connectivity index (χ0v) is 16.2. The molecule has 2 fully saturated rings. The molecule has 1 saturated heterocycles. The maximum Gasteiger partial charge on any atom is 0.222 e. The Bertz CT molecular complexity index is 649. The molecule has 8 heteroatoms. The van der Waals surface area contributed by atoms with Crippen LogP contribution >= 0.6 is 11.6 Å². The lowest BCUT2D eigenvalue weighted by Crippen LogP contribution is -2.62. The summed E-state index contributed by atoms with van der Waals surface area (Å²) in [6, 6.07) is 4.55. The average molecular weight is 403 g/mol. The van der Waals surface area contributed by atoms with Gasteiger partial charge >= 0.3 is 0 Å². The number of aliphatic hydroxyl groups is 4. The SMILES string of the molecule is COC1CCC(Oc2cc([C@]3(O)O[C@H](C)[C@@H](O)[C@H](O)[C@H]3O)ccc2Cl)CC1. The fourth-order valence-corrected chi connectivity index (χ4v) is 3.90. The van der Waals surface area contributed by atoms with Gasteiger partial charge in [-0.3, -0.25) is 0 Å². The van der Waals surface area contributed by atoms with Crippen molar-refractivity contribution in [1.29, 1.82) is 0 Å². The molecular formula is C19H27ClO7. The van der Waals surface area contributed by atoms with Crippen LogP contribution in [-0.2, 0) is 15.3 Å². The van der Waals surface area contributed by atoms with Gasteiger partial charge in [0.1, 0.15) is 24.1 Å². The minimum absolute atomic E-state index is 0.0256. The van der Waals surface area contributed by atoms with E-state index in [1.165, 1.54) is 19.1 Å². The Morgan fingerprint density at radius 1 is 1.07 bits per heavy atom. The molecule has 2 aliphatic rings. The van der Waals surface area contributed by atoms with Gasteiger partial charge in [0.25, 0.3) is 0 Å². The van der Waals surface area contributed by atoms with Gasteiger partial charge in [0.05, 0.1) is 23.3 Å². The Hall–Kier alpha value is -0.930. The summed E-state index contributed by atoms with van der Waals surface area (Å²) in [5, 5.41) is 41.5. The molecule has 7 nitrogen and oxygen atoms in total. The summed E-state index contributed by atoms with van der Waals surface area (Å²) in [5.41, 5.74) is 0.192. The number of aliphatic hydroxyl groups excluding tert-OH is 3. The number of halogens is 1. The lowest BCUT2D eigenvalue weighted by molar-refractivity contribution is -0.351. The molecule has 1 aliphatic carbocycles. The van der Waals surface area contributed by atoms with E-state index in [0.29, 0.717) is 10.8 Å². The van der Waals surface area contributed by atoms with Gasteiger partial charge in [-0.2, -0.15) is 0 Å². The molecule has 0 bridgehead atoms. The third kappa shape index (κ3) is 4.10. The molecule has 0 amide bonds. The molecule has 4 N–H and O–H groups in total. The molecule has 152 valence electrons. The topological polar surface area (TPSA) is 109 Å². The van der Waals surface area contributed by atoms with Crippen molar-refractivity contribution in [3.63, 3.8) is 0 Å². The molecule has 27 heavy (non-hydrogen) atoms. The smallest absolute Gasteiger partial charge is 0.222 e. The van der Waals surface area contributed by atoms with Gasteiger partial charge in [0.15, 0.2) is 0 Å². The van der Waals surface area contributed by atoms with Crippen molar-refractivity contribution in [2.75, 3.05) is 7.11 Å². The molecule has 0 unspecified atom stereocenters. The Morgan fingerprint density at radius 2 is 1.70 bits per heavy atom. The highest BCUT2D eigenvalue weighted by Crippen LogP contribution is 2.39. The molecule has 3 rings (SSSR count). The quantitative estimate of drug-likeness (QED) is 0.601. The summed E-state index contributed by atoms with van der Waals surface area (Å²) in [6.07, 6.45) is -1.81. The molecule has 1 aromatic rings. The fourth-order valence-electron chi connectivity index (χ4n) is 3.74. The first-order valence-corrected chi connectivity index (χ1v) is 9.58. The summed E-state index contributed by atoms with van der Waals surface area (Å²) < 4.78 is 16.8. The third-order valence-corrected chi connectivity index (χ3v) is 5.83. The van der Waals surface area contributed by atoms with Gasteiger partial charge in [0, 0.05) is 12.7 Å². The molecule has 0 spiro atoms. The minimum atomic E-state index is -2.19. The molecule has 1 heterocycles. The fraction of sp³-hybridized carbons (Fsp3) is 0.684. The van der Waals surface area contributed by atoms with E-state index in [9.17, 15) is 20.4 Å². The Balaban J connectivity index is 1.80. The van der Waals surface area contributed by atoms with E-state index in [1.54, 1.807) is 13.2 Å². The van der Waals surface area contributed by atoms with Crippen LogP contribution in [0.15, 0.2) is 18.2 Å². The van der Waals surface area contributed by atoms with E-state index in [2.05, 4.69) is 0 Å². The van der Waals surface area contributed by atoms with Crippen LogP contribution in [-0.4, -0.2) is 64.2 Å². The zero-order valence-electron chi connectivity index (χ0n) is 15.4. The van der Waals surface area contributed by atoms with Crippen molar-refractivity contribution in [2.24, 2.45) is 0 Å². The van der Waals surface area contributed by atoms with Crippen molar-refractivity contribution < 1.29 is 34.6 Å². The summed E-state index contributed by atoms with van der Waals surface area (Å²) in [7, 11) is 1.70. The second-order valence-electron chi connectivity index (χ2n) is 7.34. The van der Waals surface area contributed by atoms with Crippen LogP contribution in [0.1, 0.15) is 38.2 Å². The highest BCUT2D eigenvalue weighted by atomic mass is 35.5. The van der Waals surface area contributed by atoms with Gasteiger partial charge in [-0.25, -0.2) is 0 Å². The normalized spacial score (nSPS) is 40.0. The van der Waals surface area contributed by atoms with Gasteiger partial charge in [-0.1, -0.05) is 17.7 Å². The van der Waals surface area contributed by atoms with E-state index in [-0.39, 0.29) is 17.8 Å². The maximum atomic E-state index is 10.9. The number of methoxy groups -OCH3 is 1. The van der Waals surface area contributed by atoms with Gasteiger partial charge < -0.3 is 34.6 Å². The van der Waals surface area contributed by atoms with E-state index in [1.807, 2.05) is 0 Å². The summed E-state index contributed by atoms with van der Waals surface area (Å²) in [6.45, 7) is 1.51. The number of rotatable bonds is 4. The van der Waals surface area contributed by atoms with Crippen LogP contribution in [0.3, 0.4) is 0 Å². The molecule has 5 atom stereocenters. The first-order chi connectivity index (χ1) is 12.8. The van der Waals surface area contributed by atoms with Crippen LogP contribution in [0.25, 0.3) is 0 Å². The van der Waals surface area contributed by atoms with Crippen molar-refractivity contribution in [3.05, 3.63) is 28.8 Å². The van der Waals surface area contributed by atoms with Crippen LogP contribution in [0.2, 0.25) is 5.02 Å². The van der Waals surface area contributed by atoms with Crippen molar-refractivity contribution in [1.82, 2.24) is 0 Å². The van der Waals surface area contributed by atoms with Crippen molar-refractivity contribution >= 4 is 11.6 Å². The maximum absolute atomic E-state index is 10.9. The molecular weight excluding hydrogens is 376 g/mol. The zero-order chi connectivity index (χ0) is 19.8. The highest BCUT2D eigenvalue weighted by molar-refractivity contribution is 6.32. The van der Waals surface area contributed by atoms with Crippen LogP contribution in [0.4, 0.5) is 0 Å². The predicted molar refractivity (Wildman–Crippen MR) is 97.6 cm³/mol. The largest absolute Gasteiger partial charge is 0.489 e. The average Bonchev–Trinajstić information content (AvgIpc) is 2.67. The summed E-state index contributed by atoms with van der Waals surface area (Å²) >= 11 is 6.25. The predicted octanol–water partition coefficient (Wildman–Crippen LogP) is 1.32. The van der Waals surface area contributed by atoms with E-state index in [0.717, 1.165) is 25.7 Å². The first kappa shape index (κ1) is 20.8. The van der Waals surface area contributed by atoms with Crippen molar-refractivity contribution in [3.8, 4) is 5.75 Å². The molecule has 1 saturated carbocycles. The second kappa shape index (κ2) is 8.21. The van der Waals surface area contributed by atoms with E-state index >= 15 is 0 Å². The summed E-state index contributed by atoms with van der Waals surface area (Å²) in [5.74, 6) is -1.82. The minimum Gasteiger partial charge on any atom is -0.489 e. The number of hydrogen-bond donors (Lipinski definition) is 4. The van der Waals surface area contributed by atoms with Crippen LogP contribution in [0.5, 0.6) is 5.75 Å². The van der Waals surface area contributed by atoms with E-state index in [4.69, 9.17) is 25.8 Å².